The zero-order valence-corrected chi connectivity index (χ0v) is 13.9. The van der Waals surface area contributed by atoms with Crippen LogP contribution in [0.4, 0.5) is 0 Å². The fraction of sp³-hybridized carbons (Fsp3) is 0.500. The molecule has 1 aromatic carbocycles. The van der Waals surface area contributed by atoms with Gasteiger partial charge in [0.05, 0.1) is 22.7 Å². The molecule has 1 heterocycles. The van der Waals surface area contributed by atoms with E-state index >= 15 is 0 Å². The lowest BCUT2D eigenvalue weighted by Gasteiger charge is -2.22. The molecule has 0 saturated heterocycles. The first-order valence-electron chi connectivity index (χ1n) is 7.41. The van der Waals surface area contributed by atoms with Gasteiger partial charge in [-0.05, 0) is 51.3 Å². The molecule has 2 aromatic rings. The number of hydrogen-bond donors (Lipinski definition) is 1. The Labute approximate surface area is 130 Å². The number of rotatable bonds is 7. The molecule has 1 unspecified atom stereocenters. The highest BCUT2D eigenvalue weighted by Crippen LogP contribution is 2.33. The van der Waals surface area contributed by atoms with Crippen LogP contribution < -0.4 is 10.1 Å². The fourth-order valence-corrected chi connectivity index (χ4v) is 2.96. The predicted octanol–water partition coefficient (Wildman–Crippen LogP) is 3.72. The summed E-state index contributed by atoms with van der Waals surface area (Å²) >= 11 is 1.45. The molecule has 0 aliphatic carbocycles. The highest BCUT2D eigenvalue weighted by Gasteiger charge is 2.22. The first-order chi connectivity index (χ1) is 10.1. The summed E-state index contributed by atoms with van der Waals surface area (Å²) < 4.78 is 10.0. The normalized spacial score (nSPS) is 12.6. The molecule has 0 aliphatic rings. The average Bonchev–Trinajstić information content (AvgIpc) is 2.87. The van der Waals surface area contributed by atoms with Gasteiger partial charge in [-0.15, -0.1) is 5.10 Å². The van der Waals surface area contributed by atoms with Gasteiger partial charge in [-0.3, -0.25) is 0 Å². The molecule has 0 bridgehead atoms. The van der Waals surface area contributed by atoms with E-state index in [0.29, 0.717) is 0 Å². The quantitative estimate of drug-likeness (QED) is 0.847. The maximum absolute atomic E-state index is 5.97. The molecule has 2 rings (SSSR count). The Bertz CT molecular complexity index is 568. The molecule has 0 fully saturated rings. The van der Waals surface area contributed by atoms with Crippen molar-refractivity contribution < 1.29 is 4.74 Å². The second kappa shape index (κ2) is 7.52. The molecule has 1 N–H and O–H groups in total. The molecule has 1 aromatic heterocycles. The van der Waals surface area contributed by atoms with E-state index in [4.69, 9.17) is 4.74 Å². The van der Waals surface area contributed by atoms with Crippen molar-refractivity contribution in [1.29, 1.82) is 0 Å². The summed E-state index contributed by atoms with van der Waals surface area (Å²) in [6.07, 6.45) is 1.23. The van der Waals surface area contributed by atoms with Crippen LogP contribution in [0.15, 0.2) is 24.3 Å². The van der Waals surface area contributed by atoms with Crippen LogP contribution in [-0.2, 0) is 0 Å². The maximum atomic E-state index is 5.97. The van der Waals surface area contributed by atoms with Crippen LogP contribution in [0.3, 0.4) is 0 Å². The number of hydrogen-bond acceptors (Lipinski definition) is 5. The smallest absolute Gasteiger partial charge is 0.124 e. The number of nitrogens with zero attached hydrogens (tertiary/aromatic N) is 2. The number of benzene rings is 1. The minimum atomic E-state index is 0.0832. The summed E-state index contributed by atoms with van der Waals surface area (Å²) in [5.41, 5.74) is 2.13. The van der Waals surface area contributed by atoms with Crippen molar-refractivity contribution in [2.75, 3.05) is 6.54 Å². The molecule has 1 atom stereocenters. The van der Waals surface area contributed by atoms with Crippen LogP contribution in [0.2, 0.25) is 0 Å². The molecule has 114 valence electrons. The number of aryl methyl sites for hydroxylation is 1. The van der Waals surface area contributed by atoms with E-state index in [9.17, 15) is 0 Å². The fourth-order valence-electron chi connectivity index (χ4n) is 2.22. The van der Waals surface area contributed by atoms with Crippen LogP contribution in [0, 0.1) is 6.92 Å². The van der Waals surface area contributed by atoms with E-state index in [1.165, 1.54) is 11.5 Å². The third kappa shape index (κ3) is 4.02. The lowest BCUT2D eigenvalue weighted by molar-refractivity contribution is 0.238. The van der Waals surface area contributed by atoms with Crippen molar-refractivity contribution in [2.45, 2.75) is 46.3 Å². The molecule has 0 aliphatic heterocycles. The minimum Gasteiger partial charge on any atom is -0.491 e. The largest absolute Gasteiger partial charge is 0.491 e. The van der Waals surface area contributed by atoms with Crippen LogP contribution >= 0.6 is 11.5 Å². The third-order valence-electron chi connectivity index (χ3n) is 3.14. The second-order valence-electron chi connectivity index (χ2n) is 5.31. The first kappa shape index (κ1) is 15.9. The van der Waals surface area contributed by atoms with Gasteiger partial charge in [0, 0.05) is 5.56 Å². The topological polar surface area (TPSA) is 47.0 Å². The summed E-state index contributed by atoms with van der Waals surface area (Å²) in [6, 6.07) is 8.28. The van der Waals surface area contributed by atoms with Gasteiger partial charge >= 0.3 is 0 Å². The summed E-state index contributed by atoms with van der Waals surface area (Å²) in [5.74, 6) is 0.925. The molecule has 0 amide bonds. The number of ether oxygens (including phenoxy) is 1. The van der Waals surface area contributed by atoms with E-state index in [2.05, 4.69) is 27.9 Å². The van der Waals surface area contributed by atoms with Gasteiger partial charge in [-0.1, -0.05) is 29.6 Å². The third-order valence-corrected chi connectivity index (χ3v) is 4.03. The Balaban J connectivity index is 2.39. The van der Waals surface area contributed by atoms with Gasteiger partial charge in [-0.2, -0.15) is 0 Å². The van der Waals surface area contributed by atoms with Crippen LogP contribution in [0.1, 0.15) is 49.4 Å². The van der Waals surface area contributed by atoms with Crippen molar-refractivity contribution in [1.82, 2.24) is 14.9 Å². The van der Waals surface area contributed by atoms with E-state index in [-0.39, 0.29) is 12.1 Å². The van der Waals surface area contributed by atoms with Gasteiger partial charge in [0.2, 0.25) is 0 Å². The number of aromatic nitrogens is 2. The lowest BCUT2D eigenvalue weighted by Crippen LogP contribution is -2.24. The summed E-state index contributed by atoms with van der Waals surface area (Å²) in [5, 5.41) is 7.74. The average molecular weight is 305 g/mol. The lowest BCUT2D eigenvalue weighted by atomic mass is 10.0. The zero-order valence-electron chi connectivity index (χ0n) is 13.1. The summed E-state index contributed by atoms with van der Waals surface area (Å²) in [6.45, 7) is 9.21. The van der Waals surface area contributed by atoms with E-state index in [0.717, 1.165) is 34.8 Å². The van der Waals surface area contributed by atoms with E-state index in [1.807, 2.05) is 39.0 Å². The van der Waals surface area contributed by atoms with Crippen molar-refractivity contribution in [3.05, 3.63) is 40.4 Å². The molecular weight excluding hydrogens is 282 g/mol. The molecule has 0 radical (unpaired) electrons. The molecule has 0 spiro atoms. The van der Waals surface area contributed by atoms with Gasteiger partial charge in [0.1, 0.15) is 5.75 Å². The van der Waals surface area contributed by atoms with Gasteiger partial charge in [0.15, 0.2) is 0 Å². The monoisotopic (exact) mass is 305 g/mol. The molecule has 21 heavy (non-hydrogen) atoms. The molecule has 4 nitrogen and oxygen atoms in total. The van der Waals surface area contributed by atoms with Gasteiger partial charge < -0.3 is 10.1 Å². The van der Waals surface area contributed by atoms with Crippen molar-refractivity contribution >= 4 is 11.5 Å². The highest BCUT2D eigenvalue weighted by atomic mass is 32.1. The number of para-hydroxylation sites is 1. The second-order valence-corrected chi connectivity index (χ2v) is 6.10. The Morgan fingerprint density at radius 3 is 2.67 bits per heavy atom. The highest BCUT2D eigenvalue weighted by molar-refractivity contribution is 7.05. The van der Waals surface area contributed by atoms with Crippen molar-refractivity contribution in [3.8, 4) is 5.75 Å². The molecular formula is C16H23N3OS. The Hall–Kier alpha value is -1.46. The Kier molecular flexibility index (Phi) is 5.70. The van der Waals surface area contributed by atoms with Crippen molar-refractivity contribution in [3.63, 3.8) is 0 Å². The summed E-state index contributed by atoms with van der Waals surface area (Å²) in [7, 11) is 0. The summed E-state index contributed by atoms with van der Waals surface area (Å²) in [4.78, 5) is 1.16. The predicted molar refractivity (Wildman–Crippen MR) is 87.0 cm³/mol. The Morgan fingerprint density at radius 1 is 1.29 bits per heavy atom. The maximum Gasteiger partial charge on any atom is 0.124 e. The van der Waals surface area contributed by atoms with Gasteiger partial charge in [-0.25, -0.2) is 0 Å². The van der Waals surface area contributed by atoms with Crippen LogP contribution in [0.25, 0.3) is 0 Å². The van der Waals surface area contributed by atoms with E-state index < -0.39 is 0 Å². The first-order valence-corrected chi connectivity index (χ1v) is 8.18. The SMILES string of the molecule is CCCNC(c1ccccc1OC(C)C)c1snnc1C. The zero-order chi connectivity index (χ0) is 15.2. The standard InChI is InChI=1S/C16H23N3OS/c1-5-10-17-15(16-12(4)18-19-21-16)13-8-6-7-9-14(13)20-11(2)3/h6-9,11,15,17H,5,10H2,1-4H3. The van der Waals surface area contributed by atoms with Crippen LogP contribution in [-0.4, -0.2) is 22.2 Å². The Morgan fingerprint density at radius 2 is 2.05 bits per heavy atom. The van der Waals surface area contributed by atoms with Crippen LogP contribution in [0.5, 0.6) is 5.75 Å². The van der Waals surface area contributed by atoms with E-state index in [1.54, 1.807) is 0 Å². The number of nitrogens with one attached hydrogen (secondary N) is 1. The minimum absolute atomic E-state index is 0.0832. The molecule has 0 saturated carbocycles. The van der Waals surface area contributed by atoms with Gasteiger partial charge in [0.25, 0.3) is 0 Å². The molecule has 5 heteroatoms. The van der Waals surface area contributed by atoms with Crippen molar-refractivity contribution in [2.24, 2.45) is 0 Å².